The molecule has 104 valence electrons. The van der Waals surface area contributed by atoms with Gasteiger partial charge < -0.3 is 15.5 Å². The quantitative estimate of drug-likeness (QED) is 0.504. The second kappa shape index (κ2) is 5.52. The lowest BCUT2D eigenvalue weighted by Crippen LogP contribution is -2.44. The van der Waals surface area contributed by atoms with Crippen molar-refractivity contribution in [1.82, 2.24) is 4.90 Å². The predicted octanol–water partition coefficient (Wildman–Crippen LogP) is 2.34. The van der Waals surface area contributed by atoms with E-state index in [0.717, 1.165) is 26.2 Å². The number of halogens is 2. The summed E-state index contributed by atoms with van der Waals surface area (Å²) in [5.74, 6) is 0. The lowest BCUT2D eigenvalue weighted by molar-refractivity contribution is -0.384. The molecule has 0 unspecified atom stereocenters. The van der Waals surface area contributed by atoms with E-state index in [2.05, 4.69) is 20.8 Å². The lowest BCUT2D eigenvalue weighted by atomic mass is 10.2. The fraction of sp³-hybridized carbons (Fsp3) is 0.455. The van der Waals surface area contributed by atoms with E-state index < -0.39 is 4.92 Å². The smallest absolute Gasteiger partial charge is 0.295 e. The van der Waals surface area contributed by atoms with Gasteiger partial charge in [0.1, 0.15) is 5.69 Å². The molecule has 6 nitrogen and oxygen atoms in total. The third-order valence-corrected chi connectivity index (χ3v) is 4.34. The molecule has 1 saturated heterocycles. The van der Waals surface area contributed by atoms with Gasteiger partial charge in [-0.15, -0.1) is 0 Å². The van der Waals surface area contributed by atoms with E-state index in [0.29, 0.717) is 15.8 Å². The van der Waals surface area contributed by atoms with Gasteiger partial charge in [-0.1, -0.05) is 11.6 Å². The van der Waals surface area contributed by atoms with Crippen molar-refractivity contribution >= 4 is 44.6 Å². The summed E-state index contributed by atoms with van der Waals surface area (Å²) >= 11 is 9.24. The number of hydrogen-bond donors (Lipinski definition) is 1. The molecule has 0 spiro atoms. The Bertz CT molecular complexity index is 518. The van der Waals surface area contributed by atoms with E-state index >= 15 is 0 Å². The molecule has 1 aromatic carbocycles. The predicted molar refractivity (Wildman–Crippen MR) is 79.9 cm³/mol. The fourth-order valence-electron chi connectivity index (χ4n) is 2.08. The minimum absolute atomic E-state index is 0.0179. The summed E-state index contributed by atoms with van der Waals surface area (Å²) in [4.78, 5) is 14.9. The van der Waals surface area contributed by atoms with Gasteiger partial charge in [-0.25, -0.2) is 0 Å². The lowest BCUT2D eigenvalue weighted by Gasteiger charge is -2.34. The van der Waals surface area contributed by atoms with Gasteiger partial charge in [0.05, 0.1) is 20.1 Å². The summed E-state index contributed by atoms with van der Waals surface area (Å²) < 4.78 is 0.497. The SMILES string of the molecule is CN1CCN(c2c([N+](=O)[O-])cc(Cl)c(N)c2Br)CC1. The number of benzene rings is 1. The number of likely N-dealkylation sites (N-methyl/N-ethyl adjacent to an activating group) is 1. The van der Waals surface area contributed by atoms with E-state index in [1.54, 1.807) is 0 Å². The van der Waals surface area contributed by atoms with E-state index in [1.165, 1.54) is 6.07 Å². The average Bonchev–Trinajstić information content (AvgIpc) is 2.37. The van der Waals surface area contributed by atoms with Crippen LogP contribution in [0.5, 0.6) is 0 Å². The van der Waals surface area contributed by atoms with E-state index in [1.807, 2.05) is 11.9 Å². The number of anilines is 2. The van der Waals surface area contributed by atoms with Gasteiger partial charge in [0.15, 0.2) is 0 Å². The molecule has 0 amide bonds. The number of rotatable bonds is 2. The third kappa shape index (κ3) is 2.77. The highest BCUT2D eigenvalue weighted by Gasteiger charge is 2.27. The second-order valence-electron chi connectivity index (χ2n) is 4.50. The molecule has 19 heavy (non-hydrogen) atoms. The molecular formula is C11H14BrClN4O2. The first-order valence-corrected chi connectivity index (χ1v) is 6.94. The molecule has 0 bridgehead atoms. The van der Waals surface area contributed by atoms with Gasteiger partial charge >= 0.3 is 0 Å². The van der Waals surface area contributed by atoms with Crippen molar-refractivity contribution in [2.75, 3.05) is 43.9 Å². The van der Waals surface area contributed by atoms with Crippen LogP contribution in [0.15, 0.2) is 10.5 Å². The first-order valence-electron chi connectivity index (χ1n) is 5.77. The second-order valence-corrected chi connectivity index (χ2v) is 5.70. The number of nitrogens with zero attached hydrogens (tertiary/aromatic N) is 3. The number of nitro benzene ring substituents is 1. The van der Waals surface area contributed by atoms with Gasteiger partial charge in [-0.3, -0.25) is 10.1 Å². The Hall–Kier alpha value is -1.05. The van der Waals surface area contributed by atoms with Crippen LogP contribution >= 0.6 is 27.5 Å². The maximum atomic E-state index is 11.2. The molecule has 1 heterocycles. The molecule has 1 fully saturated rings. The van der Waals surface area contributed by atoms with E-state index in [4.69, 9.17) is 17.3 Å². The van der Waals surface area contributed by atoms with Crippen LogP contribution in [0.1, 0.15) is 0 Å². The maximum absolute atomic E-state index is 11.2. The Kier molecular flexibility index (Phi) is 4.17. The molecule has 0 saturated carbocycles. The van der Waals surface area contributed by atoms with Crippen LogP contribution in [0.3, 0.4) is 0 Å². The summed E-state index contributed by atoms with van der Waals surface area (Å²) in [6.45, 7) is 3.15. The standard InChI is InChI=1S/C11H14BrClN4O2/c1-15-2-4-16(5-3-15)11-8(17(18)19)6-7(13)10(14)9(11)12/h6H,2-5,14H2,1H3. The first kappa shape index (κ1) is 14.4. The minimum atomic E-state index is -0.427. The number of piperazine rings is 1. The molecule has 0 radical (unpaired) electrons. The number of nitrogens with two attached hydrogens (primary N) is 1. The largest absolute Gasteiger partial charge is 0.397 e. The highest BCUT2D eigenvalue weighted by Crippen LogP contribution is 2.43. The Labute approximate surface area is 124 Å². The van der Waals surface area contributed by atoms with Crippen molar-refractivity contribution in [3.05, 3.63) is 25.7 Å². The van der Waals surface area contributed by atoms with Crippen molar-refractivity contribution in [1.29, 1.82) is 0 Å². The van der Waals surface area contributed by atoms with Gasteiger partial charge in [0.25, 0.3) is 5.69 Å². The number of hydrogen-bond acceptors (Lipinski definition) is 5. The van der Waals surface area contributed by atoms with E-state index in [9.17, 15) is 10.1 Å². The highest BCUT2D eigenvalue weighted by molar-refractivity contribution is 9.10. The van der Waals surface area contributed by atoms with Crippen molar-refractivity contribution in [2.24, 2.45) is 0 Å². The van der Waals surface area contributed by atoms with Crippen LogP contribution in [0, 0.1) is 10.1 Å². The zero-order chi connectivity index (χ0) is 14.2. The molecule has 0 aliphatic carbocycles. The van der Waals surface area contributed by atoms with Gasteiger partial charge in [0, 0.05) is 32.2 Å². The highest BCUT2D eigenvalue weighted by atomic mass is 79.9. The van der Waals surface area contributed by atoms with Crippen molar-refractivity contribution < 1.29 is 4.92 Å². The van der Waals surface area contributed by atoms with Crippen molar-refractivity contribution in [3.63, 3.8) is 0 Å². The zero-order valence-electron chi connectivity index (χ0n) is 10.4. The van der Waals surface area contributed by atoms with Crippen LogP contribution in [0.2, 0.25) is 5.02 Å². The summed E-state index contributed by atoms with van der Waals surface area (Å²) in [5, 5.41) is 11.4. The molecule has 0 aromatic heterocycles. The monoisotopic (exact) mass is 348 g/mol. The van der Waals surface area contributed by atoms with Crippen LogP contribution < -0.4 is 10.6 Å². The summed E-state index contributed by atoms with van der Waals surface area (Å²) in [6.07, 6.45) is 0. The van der Waals surface area contributed by atoms with Gasteiger partial charge in [-0.2, -0.15) is 0 Å². The molecule has 0 atom stereocenters. The zero-order valence-corrected chi connectivity index (χ0v) is 12.7. The van der Waals surface area contributed by atoms with Crippen LogP contribution in [-0.4, -0.2) is 43.0 Å². The number of nitro groups is 1. The van der Waals surface area contributed by atoms with Crippen LogP contribution in [0.25, 0.3) is 0 Å². The summed E-state index contributed by atoms with van der Waals surface area (Å²) in [6, 6.07) is 1.31. The third-order valence-electron chi connectivity index (χ3n) is 3.22. The molecule has 8 heteroatoms. The van der Waals surface area contributed by atoms with Crippen molar-refractivity contribution in [3.8, 4) is 0 Å². The molecule has 1 aliphatic heterocycles. The van der Waals surface area contributed by atoms with Crippen LogP contribution in [0.4, 0.5) is 17.1 Å². The normalized spacial score (nSPS) is 16.7. The fourth-order valence-corrected chi connectivity index (χ4v) is 3.06. The topological polar surface area (TPSA) is 75.6 Å². The maximum Gasteiger partial charge on any atom is 0.295 e. The Morgan fingerprint density at radius 1 is 1.42 bits per heavy atom. The Morgan fingerprint density at radius 3 is 2.53 bits per heavy atom. The Balaban J connectivity index is 2.48. The summed E-state index contributed by atoms with van der Waals surface area (Å²) in [5.41, 5.74) is 6.68. The van der Waals surface area contributed by atoms with Gasteiger partial charge in [-0.05, 0) is 23.0 Å². The molecular weight excluding hydrogens is 336 g/mol. The van der Waals surface area contributed by atoms with Gasteiger partial charge in [0.2, 0.25) is 0 Å². The Morgan fingerprint density at radius 2 is 2.00 bits per heavy atom. The minimum Gasteiger partial charge on any atom is -0.397 e. The van der Waals surface area contributed by atoms with Crippen LogP contribution in [-0.2, 0) is 0 Å². The molecule has 2 rings (SSSR count). The van der Waals surface area contributed by atoms with Crippen molar-refractivity contribution in [2.45, 2.75) is 0 Å². The summed E-state index contributed by atoms with van der Waals surface area (Å²) in [7, 11) is 2.02. The first-order chi connectivity index (χ1) is 8.91. The van der Waals surface area contributed by atoms with E-state index in [-0.39, 0.29) is 10.7 Å². The number of nitrogen functional groups attached to an aromatic ring is 1. The molecule has 2 N–H and O–H groups in total. The molecule has 1 aliphatic rings. The molecule has 1 aromatic rings. The average molecular weight is 350 g/mol.